The molecule has 3 nitrogen and oxygen atoms in total. The molecule has 0 saturated carbocycles. The molecule has 1 aromatic rings. The van der Waals surface area contributed by atoms with Crippen molar-refractivity contribution in [1.29, 1.82) is 0 Å². The molecule has 1 aliphatic heterocycles. The Bertz CT molecular complexity index is 394. The minimum atomic E-state index is 0.584. The van der Waals surface area contributed by atoms with Gasteiger partial charge in [-0.1, -0.05) is 26.3 Å². The third-order valence-corrected chi connectivity index (χ3v) is 3.99. The van der Waals surface area contributed by atoms with Gasteiger partial charge in [0.2, 0.25) is 0 Å². The topological polar surface area (TPSA) is 24.5 Å². The molecule has 2 atom stereocenters. The van der Waals surface area contributed by atoms with E-state index >= 15 is 0 Å². The molecule has 1 fully saturated rings. The third-order valence-electron chi connectivity index (χ3n) is 3.99. The molecule has 0 bridgehead atoms. The van der Waals surface area contributed by atoms with E-state index in [0.29, 0.717) is 12.1 Å². The summed E-state index contributed by atoms with van der Waals surface area (Å²) in [6.45, 7) is 6.70. The fourth-order valence-corrected chi connectivity index (χ4v) is 2.88. The molecular weight excluding hydrogens is 236 g/mol. The lowest BCUT2D eigenvalue weighted by molar-refractivity contribution is 0.368. The third kappa shape index (κ3) is 3.41. The molecule has 0 aromatic heterocycles. The number of methoxy groups -OCH3 is 1. The number of benzene rings is 1. The molecule has 1 N–H and O–H groups in total. The van der Waals surface area contributed by atoms with Crippen molar-refractivity contribution in [2.75, 3.05) is 25.1 Å². The highest BCUT2D eigenvalue weighted by atomic mass is 16.5. The molecular formula is C16H26N2O. The maximum Gasteiger partial charge on any atom is 0.120 e. The van der Waals surface area contributed by atoms with Crippen molar-refractivity contribution in [2.24, 2.45) is 0 Å². The largest absolute Gasteiger partial charge is 0.497 e. The van der Waals surface area contributed by atoms with Crippen LogP contribution >= 0.6 is 0 Å². The highest BCUT2D eigenvalue weighted by Crippen LogP contribution is 2.26. The Kier molecular flexibility index (Phi) is 5.08. The number of nitrogens with one attached hydrogen (secondary N) is 1. The lowest BCUT2D eigenvalue weighted by Gasteiger charge is -2.42. The molecule has 0 amide bonds. The van der Waals surface area contributed by atoms with Gasteiger partial charge in [0.1, 0.15) is 5.75 Å². The van der Waals surface area contributed by atoms with Crippen LogP contribution in [0.3, 0.4) is 0 Å². The Balaban J connectivity index is 2.16. The molecule has 1 aliphatic rings. The second-order valence-corrected chi connectivity index (χ2v) is 5.31. The Labute approximate surface area is 116 Å². The maximum absolute atomic E-state index is 5.35. The van der Waals surface area contributed by atoms with Crippen LogP contribution in [-0.2, 0) is 0 Å². The van der Waals surface area contributed by atoms with E-state index in [-0.39, 0.29) is 0 Å². The Morgan fingerprint density at radius 3 is 2.89 bits per heavy atom. The van der Waals surface area contributed by atoms with Crippen LogP contribution in [-0.4, -0.2) is 32.3 Å². The second kappa shape index (κ2) is 6.80. The minimum Gasteiger partial charge on any atom is -0.497 e. The average molecular weight is 262 g/mol. The summed E-state index contributed by atoms with van der Waals surface area (Å²) in [6, 6.07) is 9.63. The molecule has 2 unspecified atom stereocenters. The molecule has 1 aromatic carbocycles. The zero-order chi connectivity index (χ0) is 13.7. The summed E-state index contributed by atoms with van der Waals surface area (Å²) in [7, 11) is 1.73. The summed E-state index contributed by atoms with van der Waals surface area (Å²) in [5.74, 6) is 0.943. The highest BCUT2D eigenvalue weighted by Gasteiger charge is 2.26. The number of hydrogen-bond acceptors (Lipinski definition) is 3. The monoisotopic (exact) mass is 262 g/mol. The molecule has 0 spiro atoms. The van der Waals surface area contributed by atoms with E-state index in [1.807, 2.05) is 6.07 Å². The number of ether oxygens (including phenoxy) is 1. The molecule has 3 heteroatoms. The number of hydrogen-bond donors (Lipinski definition) is 1. The van der Waals surface area contributed by atoms with E-state index in [1.54, 1.807) is 7.11 Å². The fourth-order valence-electron chi connectivity index (χ4n) is 2.88. The molecule has 0 aliphatic carbocycles. The van der Waals surface area contributed by atoms with Gasteiger partial charge >= 0.3 is 0 Å². The zero-order valence-electron chi connectivity index (χ0n) is 12.4. The van der Waals surface area contributed by atoms with Crippen LogP contribution in [0.25, 0.3) is 0 Å². The predicted molar refractivity (Wildman–Crippen MR) is 81.1 cm³/mol. The SMILES string of the molecule is CCCC1CN(c2cccc(OC)c2)C(CC)CN1. The van der Waals surface area contributed by atoms with Crippen molar-refractivity contribution < 1.29 is 4.74 Å². The molecule has 0 radical (unpaired) electrons. The van der Waals surface area contributed by atoms with Crippen LogP contribution in [0.2, 0.25) is 0 Å². The van der Waals surface area contributed by atoms with Crippen molar-refractivity contribution in [1.82, 2.24) is 5.32 Å². The highest BCUT2D eigenvalue weighted by molar-refractivity contribution is 5.52. The van der Waals surface area contributed by atoms with Gasteiger partial charge < -0.3 is 15.0 Å². The molecule has 2 rings (SSSR count). The van der Waals surface area contributed by atoms with Gasteiger partial charge in [-0.05, 0) is 25.0 Å². The zero-order valence-corrected chi connectivity index (χ0v) is 12.4. The van der Waals surface area contributed by atoms with Gasteiger partial charge in [-0.3, -0.25) is 0 Å². The van der Waals surface area contributed by atoms with Crippen LogP contribution in [0.4, 0.5) is 5.69 Å². The van der Waals surface area contributed by atoms with Gasteiger partial charge in [-0.25, -0.2) is 0 Å². The van der Waals surface area contributed by atoms with E-state index in [9.17, 15) is 0 Å². The number of rotatable bonds is 5. The lowest BCUT2D eigenvalue weighted by atomic mass is 10.0. The smallest absolute Gasteiger partial charge is 0.120 e. The van der Waals surface area contributed by atoms with E-state index in [4.69, 9.17) is 4.74 Å². The molecule has 1 saturated heterocycles. The minimum absolute atomic E-state index is 0.584. The van der Waals surface area contributed by atoms with Crippen LogP contribution in [0.1, 0.15) is 33.1 Å². The van der Waals surface area contributed by atoms with Gasteiger partial charge in [0.05, 0.1) is 7.11 Å². The van der Waals surface area contributed by atoms with Crippen LogP contribution in [0.15, 0.2) is 24.3 Å². The van der Waals surface area contributed by atoms with E-state index in [1.165, 1.54) is 24.9 Å². The van der Waals surface area contributed by atoms with E-state index in [0.717, 1.165) is 18.8 Å². The van der Waals surface area contributed by atoms with E-state index in [2.05, 4.69) is 42.3 Å². The quantitative estimate of drug-likeness (QED) is 0.882. The molecule has 19 heavy (non-hydrogen) atoms. The number of nitrogens with zero attached hydrogens (tertiary/aromatic N) is 1. The first kappa shape index (κ1) is 14.2. The Morgan fingerprint density at radius 1 is 1.37 bits per heavy atom. The van der Waals surface area contributed by atoms with Crippen molar-refractivity contribution in [3.8, 4) is 5.75 Å². The molecule has 106 valence electrons. The normalized spacial score (nSPS) is 23.4. The Hall–Kier alpha value is -1.22. The van der Waals surface area contributed by atoms with E-state index < -0.39 is 0 Å². The molecule has 1 heterocycles. The van der Waals surface area contributed by atoms with Crippen molar-refractivity contribution in [3.63, 3.8) is 0 Å². The van der Waals surface area contributed by atoms with Crippen LogP contribution < -0.4 is 15.0 Å². The van der Waals surface area contributed by atoms with Crippen molar-refractivity contribution >= 4 is 5.69 Å². The van der Waals surface area contributed by atoms with Gasteiger partial charge in [0, 0.05) is 36.9 Å². The maximum atomic E-state index is 5.35. The first-order chi connectivity index (χ1) is 9.28. The van der Waals surface area contributed by atoms with Crippen molar-refractivity contribution in [2.45, 2.75) is 45.2 Å². The summed E-state index contributed by atoms with van der Waals surface area (Å²) < 4.78 is 5.35. The summed E-state index contributed by atoms with van der Waals surface area (Å²) in [5.41, 5.74) is 1.29. The van der Waals surface area contributed by atoms with Crippen LogP contribution in [0, 0.1) is 0 Å². The van der Waals surface area contributed by atoms with Crippen molar-refractivity contribution in [3.05, 3.63) is 24.3 Å². The van der Waals surface area contributed by atoms with Gasteiger partial charge in [0.15, 0.2) is 0 Å². The average Bonchev–Trinajstić information content (AvgIpc) is 2.47. The lowest BCUT2D eigenvalue weighted by Crippen LogP contribution is -2.56. The van der Waals surface area contributed by atoms with Gasteiger partial charge in [0.25, 0.3) is 0 Å². The van der Waals surface area contributed by atoms with Gasteiger partial charge in [-0.2, -0.15) is 0 Å². The fraction of sp³-hybridized carbons (Fsp3) is 0.625. The number of piperazine rings is 1. The second-order valence-electron chi connectivity index (χ2n) is 5.31. The first-order valence-electron chi connectivity index (χ1n) is 7.42. The summed E-state index contributed by atoms with van der Waals surface area (Å²) in [5, 5.41) is 3.68. The Morgan fingerprint density at radius 2 is 2.21 bits per heavy atom. The van der Waals surface area contributed by atoms with Crippen LogP contribution in [0.5, 0.6) is 5.75 Å². The predicted octanol–water partition coefficient (Wildman–Crippen LogP) is 3.05. The standard InChI is InChI=1S/C16H26N2O/c1-4-7-13-12-18(14(5-2)11-17-13)15-8-6-9-16(10-15)19-3/h6,8-10,13-14,17H,4-5,7,11-12H2,1-3H3. The summed E-state index contributed by atoms with van der Waals surface area (Å²) >= 11 is 0. The summed E-state index contributed by atoms with van der Waals surface area (Å²) in [4.78, 5) is 2.54. The first-order valence-corrected chi connectivity index (χ1v) is 7.42. The van der Waals surface area contributed by atoms with Gasteiger partial charge in [-0.15, -0.1) is 0 Å². The summed E-state index contributed by atoms with van der Waals surface area (Å²) in [6.07, 6.45) is 3.65. The number of anilines is 1.